The third-order valence-corrected chi connectivity index (χ3v) is 10.1. The third-order valence-electron chi connectivity index (χ3n) is 9.14. The topological polar surface area (TPSA) is 108 Å². The molecule has 0 aromatic rings. The van der Waals surface area contributed by atoms with E-state index in [1.165, 1.54) is 128 Å². The van der Waals surface area contributed by atoms with Crippen molar-refractivity contribution in [3.8, 4) is 0 Å². The van der Waals surface area contributed by atoms with Crippen LogP contribution in [-0.4, -0.2) is 74.9 Å². The van der Waals surface area contributed by atoms with Gasteiger partial charge in [-0.15, -0.1) is 0 Å². The summed E-state index contributed by atoms with van der Waals surface area (Å²) in [6.45, 7) is 4.43. The zero-order valence-corrected chi connectivity index (χ0v) is 34.3. The van der Waals surface area contributed by atoms with Gasteiger partial charge in [0.15, 0.2) is 6.10 Å². The summed E-state index contributed by atoms with van der Waals surface area (Å²) in [4.78, 5) is 35.2. The standard InChI is InChI=1S/C40H80NO8P/c1-6-8-10-12-14-16-18-19-20-21-23-25-27-29-31-33-40(43)49-38(37-48-50(44,45)47-35-34-41(3,4)5)36-46-39(42)32-30-28-26-24-22-17-15-13-11-9-7-2/h38H,6-37H2,1-5H3/p+1/t38-/m1/s1. The first-order chi connectivity index (χ1) is 24.0. The SMILES string of the molecule is CCCCCCCCCCCCCCCCCC(=O)O[C@H](COC(=O)CCCCCCCCCCCCC)COP(=O)(O)OCC[N+](C)(C)C. The number of quaternary nitrogens is 1. The van der Waals surface area contributed by atoms with Crippen molar-refractivity contribution in [3.63, 3.8) is 0 Å². The van der Waals surface area contributed by atoms with E-state index < -0.39 is 26.5 Å². The molecule has 1 N–H and O–H groups in total. The van der Waals surface area contributed by atoms with Crippen molar-refractivity contribution >= 4 is 19.8 Å². The number of phosphoric ester groups is 1. The van der Waals surface area contributed by atoms with Crippen LogP contribution < -0.4 is 0 Å². The summed E-state index contributed by atoms with van der Waals surface area (Å²) in [7, 11) is 1.49. The van der Waals surface area contributed by atoms with Gasteiger partial charge < -0.3 is 18.9 Å². The van der Waals surface area contributed by atoms with E-state index in [1.807, 2.05) is 21.1 Å². The van der Waals surface area contributed by atoms with Crippen LogP contribution in [0.3, 0.4) is 0 Å². The number of nitrogens with zero attached hydrogens (tertiary/aromatic N) is 1. The minimum atomic E-state index is -4.36. The lowest BCUT2D eigenvalue weighted by Crippen LogP contribution is -2.37. The first-order valence-corrected chi connectivity index (χ1v) is 22.3. The second-order valence-corrected chi connectivity index (χ2v) is 16.8. The molecule has 0 heterocycles. The van der Waals surface area contributed by atoms with Gasteiger partial charge in [-0.05, 0) is 12.8 Å². The molecule has 2 atom stereocenters. The van der Waals surface area contributed by atoms with Crippen molar-refractivity contribution in [2.75, 3.05) is 47.5 Å². The molecule has 0 aromatic carbocycles. The minimum absolute atomic E-state index is 0.0366. The fourth-order valence-corrected chi connectivity index (χ4v) is 6.58. The van der Waals surface area contributed by atoms with E-state index in [0.717, 1.165) is 38.5 Å². The van der Waals surface area contributed by atoms with Crippen LogP contribution in [0.1, 0.15) is 194 Å². The molecule has 0 saturated carbocycles. The average Bonchev–Trinajstić information content (AvgIpc) is 3.06. The van der Waals surface area contributed by atoms with Gasteiger partial charge in [-0.1, -0.05) is 168 Å². The predicted molar refractivity (Wildman–Crippen MR) is 206 cm³/mol. The number of rotatable bonds is 38. The van der Waals surface area contributed by atoms with Gasteiger partial charge in [0, 0.05) is 12.8 Å². The molecular formula is C40H81NO8P+. The van der Waals surface area contributed by atoms with E-state index in [0.29, 0.717) is 17.4 Å². The Kier molecular flexibility index (Phi) is 33.2. The van der Waals surface area contributed by atoms with Crippen LogP contribution in [0.4, 0.5) is 0 Å². The Morgan fingerprint density at radius 2 is 0.900 bits per heavy atom. The van der Waals surface area contributed by atoms with Gasteiger partial charge in [0.05, 0.1) is 27.7 Å². The molecule has 0 aliphatic carbocycles. The second-order valence-electron chi connectivity index (χ2n) is 15.4. The summed E-state index contributed by atoms with van der Waals surface area (Å²) in [5, 5.41) is 0. The quantitative estimate of drug-likeness (QED) is 0.0289. The molecule has 0 aromatic heterocycles. The van der Waals surface area contributed by atoms with Crippen LogP contribution in [0.5, 0.6) is 0 Å². The molecule has 0 aliphatic heterocycles. The second kappa shape index (κ2) is 33.8. The number of phosphoric acid groups is 1. The van der Waals surface area contributed by atoms with Crippen molar-refractivity contribution in [2.45, 2.75) is 200 Å². The lowest BCUT2D eigenvalue weighted by Gasteiger charge is -2.24. The molecule has 0 bridgehead atoms. The minimum Gasteiger partial charge on any atom is -0.462 e. The highest BCUT2D eigenvalue weighted by Gasteiger charge is 2.27. The number of unbranched alkanes of at least 4 members (excludes halogenated alkanes) is 24. The lowest BCUT2D eigenvalue weighted by atomic mass is 10.0. The summed E-state index contributed by atoms with van der Waals surface area (Å²) in [6, 6.07) is 0. The van der Waals surface area contributed by atoms with Crippen molar-refractivity contribution in [3.05, 3.63) is 0 Å². The van der Waals surface area contributed by atoms with Crippen molar-refractivity contribution in [2.24, 2.45) is 0 Å². The normalized spacial score (nSPS) is 13.6. The van der Waals surface area contributed by atoms with Gasteiger partial charge in [0.2, 0.25) is 0 Å². The molecule has 0 spiro atoms. The molecule has 0 fully saturated rings. The van der Waals surface area contributed by atoms with Gasteiger partial charge in [-0.2, -0.15) is 0 Å². The van der Waals surface area contributed by atoms with Gasteiger partial charge in [-0.3, -0.25) is 18.6 Å². The Balaban J connectivity index is 4.35. The van der Waals surface area contributed by atoms with Crippen molar-refractivity contribution in [1.29, 1.82) is 0 Å². The number of carbonyl (C=O) groups excluding carboxylic acids is 2. The maximum absolute atomic E-state index is 12.6. The van der Waals surface area contributed by atoms with Crippen molar-refractivity contribution in [1.82, 2.24) is 0 Å². The van der Waals surface area contributed by atoms with Crippen LogP contribution >= 0.6 is 7.82 Å². The molecule has 10 heteroatoms. The summed E-state index contributed by atoms with van der Waals surface area (Å²) in [5.74, 6) is -0.788. The molecule has 298 valence electrons. The number of hydrogen-bond donors (Lipinski definition) is 1. The monoisotopic (exact) mass is 735 g/mol. The van der Waals surface area contributed by atoms with E-state index in [4.69, 9.17) is 18.5 Å². The zero-order valence-electron chi connectivity index (χ0n) is 33.4. The van der Waals surface area contributed by atoms with E-state index in [2.05, 4.69) is 13.8 Å². The molecular weight excluding hydrogens is 653 g/mol. The fourth-order valence-electron chi connectivity index (χ4n) is 5.84. The Morgan fingerprint density at radius 3 is 1.28 bits per heavy atom. The predicted octanol–water partition coefficient (Wildman–Crippen LogP) is 11.2. The highest BCUT2D eigenvalue weighted by molar-refractivity contribution is 7.47. The Morgan fingerprint density at radius 1 is 0.540 bits per heavy atom. The zero-order chi connectivity index (χ0) is 37.2. The van der Waals surface area contributed by atoms with E-state index in [-0.39, 0.29) is 25.6 Å². The van der Waals surface area contributed by atoms with Gasteiger partial charge in [-0.25, -0.2) is 4.57 Å². The van der Waals surface area contributed by atoms with Crippen LogP contribution in [0, 0.1) is 0 Å². The first kappa shape index (κ1) is 49.0. The first-order valence-electron chi connectivity index (χ1n) is 20.8. The summed E-state index contributed by atoms with van der Waals surface area (Å²) < 4.78 is 34.2. The number of likely N-dealkylation sites (N-methyl/N-ethyl adjacent to an activating group) is 1. The molecule has 0 radical (unpaired) electrons. The van der Waals surface area contributed by atoms with Gasteiger partial charge >= 0.3 is 19.8 Å². The maximum Gasteiger partial charge on any atom is 0.472 e. The van der Waals surface area contributed by atoms with Crippen LogP contribution in [0.15, 0.2) is 0 Å². The van der Waals surface area contributed by atoms with Crippen molar-refractivity contribution < 1.29 is 42.1 Å². The van der Waals surface area contributed by atoms with E-state index in [1.54, 1.807) is 0 Å². The number of carbonyl (C=O) groups is 2. The fraction of sp³-hybridized carbons (Fsp3) is 0.950. The summed E-state index contributed by atoms with van der Waals surface area (Å²) in [6.07, 6.45) is 31.4. The molecule has 0 aliphatic rings. The largest absolute Gasteiger partial charge is 0.472 e. The highest BCUT2D eigenvalue weighted by Crippen LogP contribution is 2.43. The molecule has 0 rings (SSSR count). The smallest absolute Gasteiger partial charge is 0.462 e. The van der Waals surface area contributed by atoms with Gasteiger partial charge in [0.1, 0.15) is 19.8 Å². The molecule has 9 nitrogen and oxygen atoms in total. The lowest BCUT2D eigenvalue weighted by molar-refractivity contribution is -0.870. The Hall–Kier alpha value is -0.990. The molecule has 50 heavy (non-hydrogen) atoms. The number of hydrogen-bond acceptors (Lipinski definition) is 7. The Labute approximate surface area is 308 Å². The van der Waals surface area contributed by atoms with Gasteiger partial charge in [0.25, 0.3) is 0 Å². The molecule has 1 unspecified atom stereocenters. The summed E-state index contributed by atoms with van der Waals surface area (Å²) >= 11 is 0. The summed E-state index contributed by atoms with van der Waals surface area (Å²) in [5.41, 5.74) is 0. The van der Waals surface area contributed by atoms with E-state index in [9.17, 15) is 19.0 Å². The molecule has 0 amide bonds. The number of ether oxygens (including phenoxy) is 2. The maximum atomic E-state index is 12.6. The number of esters is 2. The average molecular weight is 735 g/mol. The van der Waals surface area contributed by atoms with Crippen LogP contribution in [0.25, 0.3) is 0 Å². The third kappa shape index (κ3) is 36.8. The highest BCUT2D eigenvalue weighted by atomic mass is 31.2. The van der Waals surface area contributed by atoms with E-state index >= 15 is 0 Å². The molecule has 0 saturated heterocycles. The Bertz CT molecular complexity index is 835. The van der Waals surface area contributed by atoms with Crippen LogP contribution in [-0.2, 0) is 32.7 Å². The van der Waals surface area contributed by atoms with Crippen LogP contribution in [0.2, 0.25) is 0 Å².